The third-order valence-electron chi connectivity index (χ3n) is 4.86. The summed E-state index contributed by atoms with van der Waals surface area (Å²) in [5.74, 6) is -1.94. The molecule has 10 heteroatoms. The zero-order chi connectivity index (χ0) is 22.8. The van der Waals surface area contributed by atoms with Crippen LogP contribution in [0, 0.1) is 19.7 Å². The summed E-state index contributed by atoms with van der Waals surface area (Å²) >= 11 is 0. The molecule has 0 aliphatic carbocycles. The fraction of sp³-hybridized carbons (Fsp3) is 0.136. The molecule has 0 radical (unpaired) electrons. The van der Waals surface area contributed by atoms with E-state index in [9.17, 15) is 14.0 Å². The highest BCUT2D eigenvalue weighted by Gasteiger charge is 2.15. The van der Waals surface area contributed by atoms with Crippen LogP contribution < -0.4 is 15.8 Å². The molecule has 3 heterocycles. The van der Waals surface area contributed by atoms with Crippen LogP contribution >= 0.6 is 0 Å². The van der Waals surface area contributed by atoms with Crippen LogP contribution in [0.1, 0.15) is 27.2 Å². The summed E-state index contributed by atoms with van der Waals surface area (Å²) in [5.41, 5.74) is 8.30. The van der Waals surface area contributed by atoms with E-state index in [1.807, 2.05) is 26.0 Å². The van der Waals surface area contributed by atoms with Gasteiger partial charge in [-0.25, -0.2) is 13.9 Å². The molecule has 0 saturated heterocycles. The molecule has 3 N–H and O–H groups in total. The molecule has 32 heavy (non-hydrogen) atoms. The summed E-state index contributed by atoms with van der Waals surface area (Å²) in [6.07, 6.45) is 1.30. The third-order valence-corrected chi connectivity index (χ3v) is 4.86. The van der Waals surface area contributed by atoms with Crippen molar-refractivity contribution in [1.82, 2.24) is 19.6 Å². The largest absolute Gasteiger partial charge is 0.435 e. The highest BCUT2D eigenvalue weighted by atomic mass is 19.1. The summed E-state index contributed by atoms with van der Waals surface area (Å²) in [6.45, 7) is 3.87. The average molecular weight is 434 g/mol. The van der Waals surface area contributed by atoms with Gasteiger partial charge in [-0.05, 0) is 55.3 Å². The number of amides is 2. The zero-order valence-corrected chi connectivity index (χ0v) is 17.3. The van der Waals surface area contributed by atoms with Crippen LogP contribution in [-0.4, -0.2) is 31.4 Å². The van der Waals surface area contributed by atoms with Crippen LogP contribution in [-0.2, 0) is 11.2 Å². The number of nitrogens with zero attached hydrogens (tertiary/aromatic N) is 4. The number of nitrogens with one attached hydrogen (secondary N) is 1. The van der Waals surface area contributed by atoms with Crippen LogP contribution in [0.2, 0.25) is 0 Å². The van der Waals surface area contributed by atoms with E-state index >= 15 is 0 Å². The van der Waals surface area contributed by atoms with Crippen molar-refractivity contribution in [2.75, 3.05) is 5.32 Å². The third kappa shape index (κ3) is 4.24. The van der Waals surface area contributed by atoms with Gasteiger partial charge in [0.05, 0.1) is 6.42 Å². The van der Waals surface area contributed by atoms with Gasteiger partial charge in [-0.2, -0.15) is 4.98 Å². The monoisotopic (exact) mass is 434 g/mol. The highest BCUT2D eigenvalue weighted by molar-refractivity contribution is 5.95. The van der Waals surface area contributed by atoms with Gasteiger partial charge < -0.3 is 10.5 Å². The maximum absolute atomic E-state index is 14.5. The minimum atomic E-state index is -0.743. The topological polar surface area (TPSA) is 124 Å². The number of ether oxygens (including phenoxy) is 1. The van der Waals surface area contributed by atoms with Crippen molar-refractivity contribution in [3.05, 3.63) is 76.9 Å². The maximum atomic E-state index is 14.5. The summed E-state index contributed by atoms with van der Waals surface area (Å²) in [4.78, 5) is 32.1. The second-order valence-electron chi connectivity index (χ2n) is 7.12. The normalized spacial score (nSPS) is 10.8. The smallest absolute Gasteiger partial charge is 0.254 e. The molecule has 3 aromatic heterocycles. The molecule has 162 valence electrons. The summed E-state index contributed by atoms with van der Waals surface area (Å²) in [6, 6.07) is 10.7. The Bertz CT molecular complexity index is 1350. The number of hydrogen-bond acceptors (Lipinski definition) is 6. The van der Waals surface area contributed by atoms with E-state index in [0.29, 0.717) is 11.2 Å². The van der Waals surface area contributed by atoms with E-state index < -0.39 is 17.6 Å². The van der Waals surface area contributed by atoms with E-state index in [1.165, 1.54) is 36.5 Å². The molecule has 0 unspecified atom stereocenters. The number of aryl methyl sites for hydroxylation is 2. The van der Waals surface area contributed by atoms with Gasteiger partial charge in [0.15, 0.2) is 17.2 Å². The standard InChI is InChI=1S/C22H19FN6O3/c1-12-5-8-18-26-22(28-29(18)13(12)2)27-19(30)11-14-6-7-17(16(23)10-14)32-21-15(20(24)31)4-3-9-25-21/h3-10H,11H2,1-2H3,(H2,24,31)(H,27,28,30). The number of hydrogen-bond donors (Lipinski definition) is 2. The first kappa shape index (κ1) is 20.9. The number of primary amides is 1. The Labute approximate surface area is 182 Å². The molecule has 0 aliphatic rings. The lowest BCUT2D eigenvalue weighted by molar-refractivity contribution is -0.115. The van der Waals surface area contributed by atoms with E-state index in [2.05, 4.69) is 20.4 Å². The molecule has 0 aliphatic heterocycles. The van der Waals surface area contributed by atoms with E-state index in [-0.39, 0.29) is 29.6 Å². The van der Waals surface area contributed by atoms with E-state index in [0.717, 1.165) is 11.3 Å². The SMILES string of the molecule is Cc1ccc2nc(NC(=O)Cc3ccc(Oc4ncccc4C(N)=O)c(F)c3)nn2c1C. The minimum Gasteiger partial charge on any atom is -0.435 e. The van der Waals surface area contributed by atoms with Gasteiger partial charge in [0.25, 0.3) is 5.91 Å². The molecule has 2 amide bonds. The Morgan fingerprint density at radius 2 is 2.00 bits per heavy atom. The fourth-order valence-electron chi connectivity index (χ4n) is 3.07. The second-order valence-corrected chi connectivity index (χ2v) is 7.12. The molecule has 0 fully saturated rings. The van der Waals surface area contributed by atoms with Crippen molar-refractivity contribution >= 4 is 23.4 Å². The lowest BCUT2D eigenvalue weighted by Crippen LogP contribution is -2.15. The van der Waals surface area contributed by atoms with Crippen molar-refractivity contribution < 1.29 is 18.7 Å². The Morgan fingerprint density at radius 1 is 1.19 bits per heavy atom. The van der Waals surface area contributed by atoms with Gasteiger partial charge >= 0.3 is 0 Å². The predicted octanol–water partition coefficient (Wildman–Crippen LogP) is 2.95. The number of anilines is 1. The van der Waals surface area contributed by atoms with E-state index in [4.69, 9.17) is 10.5 Å². The van der Waals surface area contributed by atoms with Crippen molar-refractivity contribution in [3.63, 3.8) is 0 Å². The van der Waals surface area contributed by atoms with Gasteiger partial charge in [0, 0.05) is 11.9 Å². The number of carbonyl (C=O) groups excluding carboxylic acids is 2. The number of rotatable bonds is 6. The van der Waals surface area contributed by atoms with Gasteiger partial charge in [-0.3, -0.25) is 14.9 Å². The molecular formula is C22H19FN6O3. The fourth-order valence-corrected chi connectivity index (χ4v) is 3.07. The molecule has 0 atom stereocenters. The Hall–Kier alpha value is -4.34. The van der Waals surface area contributed by atoms with Crippen LogP contribution in [0.3, 0.4) is 0 Å². The lowest BCUT2D eigenvalue weighted by atomic mass is 10.1. The van der Waals surface area contributed by atoms with Crippen molar-refractivity contribution in [3.8, 4) is 11.6 Å². The summed E-state index contributed by atoms with van der Waals surface area (Å²) in [5, 5.41) is 6.91. The van der Waals surface area contributed by atoms with Crippen molar-refractivity contribution in [2.24, 2.45) is 5.73 Å². The van der Waals surface area contributed by atoms with Gasteiger partial charge in [0.1, 0.15) is 5.56 Å². The molecule has 4 aromatic rings. The number of fused-ring (bicyclic) bond motifs is 1. The van der Waals surface area contributed by atoms with Crippen molar-refractivity contribution in [1.29, 1.82) is 0 Å². The summed E-state index contributed by atoms with van der Waals surface area (Å²) < 4.78 is 21.6. The quantitative estimate of drug-likeness (QED) is 0.481. The first-order valence-electron chi connectivity index (χ1n) is 9.66. The predicted molar refractivity (Wildman–Crippen MR) is 114 cm³/mol. The number of benzene rings is 1. The molecule has 0 spiro atoms. The van der Waals surface area contributed by atoms with Crippen LogP contribution in [0.4, 0.5) is 10.3 Å². The Balaban J connectivity index is 1.46. The molecule has 9 nitrogen and oxygen atoms in total. The van der Waals surface area contributed by atoms with Crippen LogP contribution in [0.25, 0.3) is 5.65 Å². The zero-order valence-electron chi connectivity index (χ0n) is 17.3. The molecular weight excluding hydrogens is 415 g/mol. The first-order chi connectivity index (χ1) is 15.3. The van der Waals surface area contributed by atoms with Crippen molar-refractivity contribution in [2.45, 2.75) is 20.3 Å². The highest BCUT2D eigenvalue weighted by Crippen LogP contribution is 2.26. The molecule has 0 bridgehead atoms. The maximum Gasteiger partial charge on any atom is 0.254 e. The molecule has 4 rings (SSSR count). The lowest BCUT2D eigenvalue weighted by Gasteiger charge is -2.09. The van der Waals surface area contributed by atoms with E-state index in [1.54, 1.807) is 4.52 Å². The first-order valence-corrected chi connectivity index (χ1v) is 9.66. The van der Waals surface area contributed by atoms with Crippen LogP contribution in [0.15, 0.2) is 48.7 Å². The second kappa shape index (κ2) is 8.42. The van der Waals surface area contributed by atoms with Crippen LogP contribution in [0.5, 0.6) is 11.6 Å². The number of aromatic nitrogens is 4. The molecule has 1 aromatic carbocycles. The number of pyridine rings is 2. The number of carbonyl (C=O) groups is 2. The molecule has 0 saturated carbocycles. The minimum absolute atomic E-state index is 0.0285. The van der Waals surface area contributed by atoms with Gasteiger partial charge in [0.2, 0.25) is 17.7 Å². The number of nitrogens with two attached hydrogens (primary N) is 1. The number of halogens is 1. The average Bonchev–Trinajstić information content (AvgIpc) is 3.16. The summed E-state index contributed by atoms with van der Waals surface area (Å²) in [7, 11) is 0. The Kier molecular flexibility index (Phi) is 5.50. The van der Waals surface area contributed by atoms with Gasteiger partial charge in [-0.15, -0.1) is 5.10 Å². The van der Waals surface area contributed by atoms with Gasteiger partial charge in [-0.1, -0.05) is 12.1 Å². The Morgan fingerprint density at radius 3 is 2.75 bits per heavy atom.